The van der Waals surface area contributed by atoms with Gasteiger partial charge in [-0.3, -0.25) is 4.98 Å². The molecule has 0 aliphatic carbocycles. The van der Waals surface area contributed by atoms with Gasteiger partial charge < -0.3 is 9.68 Å². The van der Waals surface area contributed by atoms with E-state index in [4.69, 9.17) is 19.6 Å². The number of nitrogens with zero attached hydrogens (tertiary/aromatic N) is 3. The molecule has 2 aromatic heterocycles. The lowest BCUT2D eigenvalue weighted by Gasteiger charge is -2.10. The van der Waals surface area contributed by atoms with Gasteiger partial charge in [0.1, 0.15) is 5.75 Å². The van der Waals surface area contributed by atoms with E-state index in [1.165, 1.54) is 0 Å². The second-order valence-corrected chi connectivity index (χ2v) is 7.42. The zero-order chi connectivity index (χ0) is 22.5. The Morgan fingerprint density at radius 3 is 2.06 bits per heavy atom. The lowest BCUT2D eigenvalue weighted by molar-refractivity contribution is 0.454. The van der Waals surface area contributed by atoms with E-state index < -0.39 is 0 Å². The number of rotatable bonds is 6. The van der Waals surface area contributed by atoms with E-state index >= 15 is 0 Å². The van der Waals surface area contributed by atoms with Crippen LogP contribution in [0.4, 0.5) is 0 Å². The average molecular weight is 429 g/mol. The highest BCUT2D eigenvalue weighted by atomic mass is 16.5. The molecule has 2 heterocycles. The van der Waals surface area contributed by atoms with Crippen molar-refractivity contribution in [1.82, 2.24) is 15.0 Å². The fourth-order valence-corrected chi connectivity index (χ4v) is 3.63. The van der Waals surface area contributed by atoms with Crippen molar-refractivity contribution in [2.24, 2.45) is 0 Å². The highest BCUT2D eigenvalue weighted by Crippen LogP contribution is 2.29. The van der Waals surface area contributed by atoms with Crippen molar-refractivity contribution >= 4 is 7.69 Å². The Morgan fingerprint density at radius 1 is 0.576 bits per heavy atom. The molecule has 0 aliphatic rings. The Bertz CT molecular complexity index is 1300. The van der Waals surface area contributed by atoms with Crippen molar-refractivity contribution in [3.8, 4) is 50.9 Å². The molecule has 0 fully saturated rings. The van der Waals surface area contributed by atoms with Gasteiger partial charge >= 0.3 is 7.69 Å². The third-order valence-electron chi connectivity index (χ3n) is 5.26. The van der Waals surface area contributed by atoms with Crippen LogP contribution in [0, 0.1) is 0 Å². The molecule has 0 saturated carbocycles. The molecule has 0 aliphatic heterocycles. The predicted octanol–water partition coefficient (Wildman–Crippen LogP) is 5.18. The number of aromatic nitrogens is 3. The van der Waals surface area contributed by atoms with Crippen LogP contribution in [0.2, 0.25) is 0 Å². The molecule has 33 heavy (non-hydrogen) atoms. The lowest BCUT2D eigenvalue weighted by atomic mass is 10.0. The first-order valence-electron chi connectivity index (χ1n) is 10.6. The van der Waals surface area contributed by atoms with Crippen LogP contribution in [-0.4, -0.2) is 27.7 Å². The molecule has 0 radical (unpaired) electrons. The van der Waals surface area contributed by atoms with Crippen LogP contribution in [0.5, 0.6) is 5.75 Å². The van der Waals surface area contributed by atoms with Gasteiger partial charge in [-0.2, -0.15) is 0 Å². The van der Waals surface area contributed by atoms with E-state index in [9.17, 15) is 0 Å². The zero-order valence-electron chi connectivity index (χ0n) is 17.8. The summed E-state index contributed by atoms with van der Waals surface area (Å²) in [6.07, 6.45) is 1.77. The van der Waals surface area contributed by atoms with Gasteiger partial charge in [-0.05, 0) is 47.5 Å². The highest BCUT2D eigenvalue weighted by molar-refractivity contribution is 6.17. The standard InChI is InChI=1S/C27H20BN3O2/c32-28-33-23-14-12-19(13-15-23)21-9-6-10-22(17-21)27-30-25(20-7-2-1-3-8-20)18-26(31-27)24-11-4-5-16-29-24/h1-18,28,32H. The number of benzene rings is 3. The molecular weight excluding hydrogens is 409 g/mol. The predicted molar refractivity (Wildman–Crippen MR) is 132 cm³/mol. The first kappa shape index (κ1) is 20.6. The molecule has 5 nitrogen and oxygen atoms in total. The second-order valence-electron chi connectivity index (χ2n) is 7.42. The topological polar surface area (TPSA) is 68.1 Å². The van der Waals surface area contributed by atoms with Crippen LogP contribution in [0.15, 0.2) is 109 Å². The van der Waals surface area contributed by atoms with Crippen molar-refractivity contribution in [2.45, 2.75) is 0 Å². The minimum Gasteiger partial charge on any atom is -0.539 e. The molecule has 0 unspecified atom stereocenters. The number of pyridine rings is 1. The Hall–Kier alpha value is -4.29. The molecule has 3 aromatic carbocycles. The van der Waals surface area contributed by atoms with Gasteiger partial charge in [0, 0.05) is 17.3 Å². The van der Waals surface area contributed by atoms with Gasteiger partial charge in [0.15, 0.2) is 5.82 Å². The van der Waals surface area contributed by atoms with E-state index in [1.54, 1.807) is 6.20 Å². The molecule has 158 valence electrons. The summed E-state index contributed by atoms with van der Waals surface area (Å²) < 4.78 is 5.13. The Morgan fingerprint density at radius 2 is 1.30 bits per heavy atom. The maximum Gasteiger partial charge on any atom is 0.504 e. The number of hydrogen-bond donors (Lipinski definition) is 1. The molecule has 0 saturated heterocycles. The Labute approximate surface area is 192 Å². The highest BCUT2D eigenvalue weighted by Gasteiger charge is 2.12. The third kappa shape index (κ3) is 4.66. The van der Waals surface area contributed by atoms with Crippen LogP contribution in [-0.2, 0) is 0 Å². The molecule has 5 rings (SSSR count). The van der Waals surface area contributed by atoms with E-state index in [1.807, 2.05) is 97.1 Å². The van der Waals surface area contributed by atoms with Crippen LogP contribution in [0.1, 0.15) is 0 Å². The summed E-state index contributed by atoms with van der Waals surface area (Å²) in [5.41, 5.74) is 6.43. The molecule has 0 amide bonds. The molecular formula is C27H20BN3O2. The second kappa shape index (κ2) is 9.46. The smallest absolute Gasteiger partial charge is 0.504 e. The molecule has 0 bridgehead atoms. The quantitative estimate of drug-likeness (QED) is 0.377. The van der Waals surface area contributed by atoms with Crippen LogP contribution in [0.25, 0.3) is 45.2 Å². The summed E-state index contributed by atoms with van der Waals surface area (Å²) in [6, 6.07) is 33.6. The molecule has 1 N–H and O–H groups in total. The van der Waals surface area contributed by atoms with Gasteiger partial charge in [0.05, 0.1) is 17.1 Å². The van der Waals surface area contributed by atoms with Gasteiger partial charge in [0.2, 0.25) is 0 Å². The summed E-state index contributed by atoms with van der Waals surface area (Å²) in [5.74, 6) is 1.26. The van der Waals surface area contributed by atoms with Crippen molar-refractivity contribution in [2.75, 3.05) is 0 Å². The summed E-state index contributed by atoms with van der Waals surface area (Å²) in [5, 5.41) is 8.94. The minimum atomic E-state index is -0.345. The van der Waals surface area contributed by atoms with Crippen LogP contribution >= 0.6 is 0 Å². The third-order valence-corrected chi connectivity index (χ3v) is 5.26. The van der Waals surface area contributed by atoms with Crippen molar-refractivity contribution in [1.29, 1.82) is 0 Å². The Balaban J connectivity index is 1.59. The van der Waals surface area contributed by atoms with Crippen molar-refractivity contribution < 1.29 is 9.68 Å². The summed E-state index contributed by atoms with van der Waals surface area (Å²) >= 11 is 0. The van der Waals surface area contributed by atoms with Crippen molar-refractivity contribution in [3.05, 3.63) is 109 Å². The summed E-state index contributed by atoms with van der Waals surface area (Å²) in [7, 11) is -0.345. The first-order chi connectivity index (χ1) is 16.3. The molecule has 0 spiro atoms. The SMILES string of the molecule is OBOc1ccc(-c2cccc(-c3nc(-c4ccccc4)cc(-c4ccccn4)n3)c2)cc1. The molecule has 5 aromatic rings. The minimum absolute atomic E-state index is 0.345. The van der Waals surface area contributed by atoms with Gasteiger partial charge in [0.25, 0.3) is 0 Å². The summed E-state index contributed by atoms with van der Waals surface area (Å²) in [4.78, 5) is 14.2. The number of hydrogen-bond acceptors (Lipinski definition) is 5. The fourth-order valence-electron chi connectivity index (χ4n) is 3.63. The van der Waals surface area contributed by atoms with Gasteiger partial charge in [-0.15, -0.1) is 0 Å². The van der Waals surface area contributed by atoms with Crippen LogP contribution < -0.4 is 4.65 Å². The van der Waals surface area contributed by atoms with E-state index in [-0.39, 0.29) is 7.69 Å². The monoisotopic (exact) mass is 429 g/mol. The van der Waals surface area contributed by atoms with E-state index in [0.717, 1.165) is 39.3 Å². The van der Waals surface area contributed by atoms with Crippen LogP contribution in [0.3, 0.4) is 0 Å². The normalized spacial score (nSPS) is 10.6. The zero-order valence-corrected chi connectivity index (χ0v) is 17.8. The van der Waals surface area contributed by atoms with E-state index in [0.29, 0.717) is 11.6 Å². The fraction of sp³-hybridized carbons (Fsp3) is 0. The lowest BCUT2D eigenvalue weighted by Crippen LogP contribution is -1.99. The van der Waals surface area contributed by atoms with Crippen molar-refractivity contribution in [3.63, 3.8) is 0 Å². The molecule has 6 heteroatoms. The average Bonchev–Trinajstić information content (AvgIpc) is 2.90. The maximum atomic E-state index is 8.94. The summed E-state index contributed by atoms with van der Waals surface area (Å²) in [6.45, 7) is 0. The van der Waals surface area contributed by atoms with Gasteiger partial charge in [-0.1, -0.05) is 66.7 Å². The maximum absolute atomic E-state index is 8.94. The van der Waals surface area contributed by atoms with Gasteiger partial charge in [-0.25, -0.2) is 9.97 Å². The largest absolute Gasteiger partial charge is 0.539 e. The first-order valence-corrected chi connectivity index (χ1v) is 10.6. The molecule has 0 atom stereocenters. The van der Waals surface area contributed by atoms with E-state index in [2.05, 4.69) is 11.1 Å². The Kier molecular flexibility index (Phi) is 5.91.